The van der Waals surface area contributed by atoms with Crippen LogP contribution in [0.15, 0.2) is 53.4 Å². The van der Waals surface area contributed by atoms with E-state index in [1.165, 1.54) is 18.2 Å². The summed E-state index contributed by atoms with van der Waals surface area (Å²) in [5.74, 6) is -2.67. The zero-order chi connectivity index (χ0) is 29.0. The Morgan fingerprint density at radius 1 is 0.744 bits per heavy atom. The molecule has 2 aromatic carbocycles. The van der Waals surface area contributed by atoms with Crippen LogP contribution in [0.1, 0.15) is 59.3 Å². The van der Waals surface area contributed by atoms with Gasteiger partial charge in [-0.05, 0) is 0 Å². The molecule has 0 unspecified atom stereocenters. The minimum atomic E-state index is -4.43. The summed E-state index contributed by atoms with van der Waals surface area (Å²) in [6.45, 7) is 1.20. The Kier molecular flexibility index (Phi) is 12.2. The number of rotatable bonds is 19. The van der Waals surface area contributed by atoms with Crippen molar-refractivity contribution in [2.24, 2.45) is 0 Å². The SMILES string of the molecule is CCCCP(CCCC)(CCCC)(OS(=O)(=O)c1cc(OCC(=O)O)cc(OCC(=O)O)c1)c1ccccc1. The summed E-state index contributed by atoms with van der Waals surface area (Å²) in [6.07, 6.45) is 6.85. The Morgan fingerprint density at radius 2 is 1.18 bits per heavy atom. The number of carboxylic acid groups (broad SMARTS) is 2. The molecule has 0 amide bonds. The number of aliphatic carboxylic acids is 2. The number of carboxylic acids is 2. The molecule has 0 heterocycles. The molecule has 2 rings (SSSR count). The van der Waals surface area contributed by atoms with Gasteiger partial charge in [0.1, 0.15) is 0 Å². The number of hydrogen-bond donors (Lipinski definition) is 2. The summed E-state index contributed by atoms with van der Waals surface area (Å²) in [7, 11) is -4.43. The molecular weight excluding hydrogens is 543 g/mol. The second kappa shape index (κ2) is 14.6. The zero-order valence-electron chi connectivity index (χ0n) is 23.0. The molecule has 0 aromatic heterocycles. The molecule has 0 fully saturated rings. The number of benzene rings is 2. The third kappa shape index (κ3) is 8.92. The van der Waals surface area contributed by atoms with Crippen molar-refractivity contribution in [3.63, 3.8) is 0 Å². The first kappa shape index (κ1) is 32.5. The van der Waals surface area contributed by atoms with Crippen molar-refractivity contribution < 1.29 is 41.7 Å². The zero-order valence-corrected chi connectivity index (χ0v) is 24.7. The number of carbonyl (C=O) groups is 2. The third-order valence-corrected chi connectivity index (χ3v) is 15.5. The molecule has 0 aliphatic heterocycles. The summed E-state index contributed by atoms with van der Waals surface area (Å²) >= 11 is 0. The molecule has 2 aromatic rings. The van der Waals surface area contributed by atoms with Crippen LogP contribution in [0.2, 0.25) is 0 Å². The Morgan fingerprint density at radius 3 is 1.56 bits per heavy atom. The second-order valence-corrected chi connectivity index (χ2v) is 16.8. The van der Waals surface area contributed by atoms with Gasteiger partial charge in [0.05, 0.1) is 0 Å². The second-order valence-electron chi connectivity index (χ2n) is 9.72. The monoisotopic (exact) mass is 584 g/mol. The maximum absolute atomic E-state index is 14.2. The molecule has 39 heavy (non-hydrogen) atoms. The summed E-state index contributed by atoms with van der Waals surface area (Å²) < 4.78 is 45.4. The van der Waals surface area contributed by atoms with Crippen LogP contribution in [-0.4, -0.2) is 62.3 Å². The van der Waals surface area contributed by atoms with Gasteiger partial charge in [0.25, 0.3) is 0 Å². The molecule has 0 aliphatic carbocycles. The van der Waals surface area contributed by atoms with E-state index in [0.717, 1.165) is 43.8 Å². The predicted octanol–water partition coefficient (Wildman–Crippen LogP) is 5.51. The van der Waals surface area contributed by atoms with Crippen LogP contribution in [0.3, 0.4) is 0 Å². The van der Waals surface area contributed by atoms with E-state index in [9.17, 15) is 18.0 Å². The Labute approximate surface area is 231 Å². The summed E-state index contributed by atoms with van der Waals surface area (Å²) in [4.78, 5) is 21.9. The summed E-state index contributed by atoms with van der Waals surface area (Å²) in [5, 5.41) is 19.0. The maximum atomic E-state index is 14.2. The molecule has 0 bridgehead atoms. The quantitative estimate of drug-likeness (QED) is 0.205. The van der Waals surface area contributed by atoms with Crippen molar-refractivity contribution >= 4 is 34.2 Å². The molecule has 11 heteroatoms. The fourth-order valence-electron chi connectivity index (χ4n) is 4.71. The number of hydrogen-bond acceptors (Lipinski definition) is 7. The molecule has 0 aliphatic rings. The Bertz CT molecular complexity index is 1140. The Balaban J connectivity index is 2.75. The number of ether oxygens (including phenoxy) is 2. The average molecular weight is 585 g/mol. The van der Waals surface area contributed by atoms with Crippen molar-refractivity contribution in [1.82, 2.24) is 0 Å². The van der Waals surface area contributed by atoms with Gasteiger partial charge in [-0.15, -0.1) is 0 Å². The van der Waals surface area contributed by atoms with Gasteiger partial charge in [-0.25, -0.2) is 0 Å². The van der Waals surface area contributed by atoms with E-state index in [-0.39, 0.29) is 16.4 Å². The van der Waals surface area contributed by atoms with Crippen molar-refractivity contribution in [2.45, 2.75) is 64.2 Å². The average Bonchev–Trinajstić information content (AvgIpc) is 2.92. The molecule has 0 atom stereocenters. The van der Waals surface area contributed by atoms with Gasteiger partial charge in [-0.1, -0.05) is 0 Å². The molecule has 9 nitrogen and oxygen atoms in total. The molecule has 0 saturated carbocycles. The topological polar surface area (TPSA) is 136 Å². The van der Waals surface area contributed by atoms with Crippen molar-refractivity contribution in [3.05, 3.63) is 48.5 Å². The summed E-state index contributed by atoms with van der Waals surface area (Å²) in [5.41, 5.74) is 0. The van der Waals surface area contributed by atoms with Gasteiger partial charge in [0.2, 0.25) is 0 Å². The first-order chi connectivity index (χ1) is 18.5. The number of unbranched alkanes of at least 4 members (excludes halogenated alkanes) is 3. The van der Waals surface area contributed by atoms with Crippen LogP contribution in [-0.2, 0) is 23.7 Å². The van der Waals surface area contributed by atoms with E-state index in [0.29, 0.717) is 18.5 Å². The Hall–Kier alpha value is -2.68. The van der Waals surface area contributed by atoms with Crippen LogP contribution in [0.5, 0.6) is 11.5 Å². The molecule has 0 radical (unpaired) electrons. The van der Waals surface area contributed by atoms with Crippen LogP contribution in [0.4, 0.5) is 0 Å². The van der Waals surface area contributed by atoms with Gasteiger partial charge in [0.15, 0.2) is 0 Å². The van der Waals surface area contributed by atoms with Crippen molar-refractivity contribution in [1.29, 1.82) is 0 Å². The minimum absolute atomic E-state index is 0.0850. The van der Waals surface area contributed by atoms with Crippen molar-refractivity contribution in [3.8, 4) is 11.5 Å². The van der Waals surface area contributed by atoms with Crippen LogP contribution < -0.4 is 14.8 Å². The normalized spacial score (nSPS) is 12.8. The van der Waals surface area contributed by atoms with E-state index in [4.69, 9.17) is 23.7 Å². The molecular formula is C28H41O9PS. The van der Waals surface area contributed by atoms with Crippen LogP contribution in [0, 0.1) is 0 Å². The standard InChI is InChI=1S/C28H41O9PS/c1-4-7-15-38(16-8-5-2,17-9-6-3,25-13-11-10-12-14-25)37-39(33,34)26-19-23(35-21-27(29)30)18-24(20-26)36-22-28(31)32/h10-14,18-20H,4-9,15-17,21-22H2,1-3H3,(H,29,30)(H,31,32). The molecule has 218 valence electrons. The predicted molar refractivity (Wildman–Crippen MR) is 153 cm³/mol. The van der Waals surface area contributed by atoms with Gasteiger partial charge in [-0.2, -0.15) is 0 Å². The first-order valence-electron chi connectivity index (χ1n) is 13.4. The van der Waals surface area contributed by atoms with E-state index in [1.807, 2.05) is 30.3 Å². The fraction of sp³-hybridized carbons (Fsp3) is 0.500. The van der Waals surface area contributed by atoms with Gasteiger partial charge < -0.3 is 0 Å². The summed E-state index contributed by atoms with van der Waals surface area (Å²) in [6, 6.07) is 13.3. The van der Waals surface area contributed by atoms with Crippen molar-refractivity contribution in [2.75, 3.05) is 31.7 Å². The van der Waals surface area contributed by atoms with Crippen LogP contribution >= 0.6 is 6.83 Å². The van der Waals surface area contributed by atoms with E-state index < -0.39 is 42.1 Å². The van der Waals surface area contributed by atoms with Gasteiger partial charge in [-0.3, -0.25) is 0 Å². The van der Waals surface area contributed by atoms with E-state index >= 15 is 0 Å². The molecule has 0 spiro atoms. The fourth-order valence-corrected chi connectivity index (χ4v) is 14.4. The molecule has 2 N–H and O–H groups in total. The first-order valence-corrected chi connectivity index (χ1v) is 17.5. The van der Waals surface area contributed by atoms with Crippen LogP contribution in [0.25, 0.3) is 0 Å². The van der Waals surface area contributed by atoms with E-state index in [1.54, 1.807) is 0 Å². The van der Waals surface area contributed by atoms with Gasteiger partial charge in [0, 0.05) is 0 Å². The van der Waals surface area contributed by atoms with E-state index in [2.05, 4.69) is 20.8 Å². The molecule has 0 saturated heterocycles. The third-order valence-electron chi connectivity index (χ3n) is 6.66. The van der Waals surface area contributed by atoms with Gasteiger partial charge >= 0.3 is 232 Å².